The summed E-state index contributed by atoms with van der Waals surface area (Å²) in [6.45, 7) is 2.08. The third-order valence-corrected chi connectivity index (χ3v) is 2.93. The first-order valence-corrected chi connectivity index (χ1v) is 5.41. The molecule has 3 heteroatoms. The van der Waals surface area contributed by atoms with Crippen molar-refractivity contribution in [2.45, 2.75) is 26.2 Å². The van der Waals surface area contributed by atoms with Gasteiger partial charge in [-0.3, -0.25) is 4.79 Å². The summed E-state index contributed by atoms with van der Waals surface area (Å²) in [7, 11) is 3.76. The first-order chi connectivity index (χ1) is 7.10. The topological polar surface area (TPSA) is 44.1 Å². The van der Waals surface area contributed by atoms with Crippen LogP contribution in [0.2, 0.25) is 0 Å². The molecule has 0 saturated heterocycles. The number of hydrogen-bond acceptors (Lipinski definition) is 3. The smallest absolute Gasteiger partial charge is 0.161 e. The summed E-state index contributed by atoms with van der Waals surface area (Å²) in [6, 6.07) is 2.28. The van der Waals surface area contributed by atoms with Gasteiger partial charge in [0.15, 0.2) is 5.78 Å². The molecule has 3 nitrogen and oxygen atoms in total. The highest BCUT2D eigenvalue weighted by Crippen LogP contribution is 2.33. The quantitative estimate of drug-likeness (QED) is 0.649. The van der Waals surface area contributed by atoms with Gasteiger partial charge in [0.05, 0.1) is 12.0 Å². The zero-order valence-corrected chi connectivity index (χ0v) is 9.66. The average Bonchev–Trinajstić information content (AvgIpc) is 2.20. The summed E-state index contributed by atoms with van der Waals surface area (Å²) in [4.78, 5) is 13.6. The number of hydrogen-bond donors (Lipinski definition) is 0. The predicted octanol–water partition coefficient (Wildman–Crippen LogP) is 1.96. The van der Waals surface area contributed by atoms with E-state index in [1.807, 2.05) is 19.0 Å². The van der Waals surface area contributed by atoms with Crippen LogP contribution in [-0.2, 0) is 4.79 Å². The fourth-order valence-corrected chi connectivity index (χ4v) is 2.10. The third-order valence-electron chi connectivity index (χ3n) is 2.93. The first-order valence-electron chi connectivity index (χ1n) is 5.41. The molecule has 1 saturated carbocycles. The van der Waals surface area contributed by atoms with Gasteiger partial charge >= 0.3 is 0 Å². The summed E-state index contributed by atoms with van der Waals surface area (Å²) in [5, 5.41) is 9.13. The van der Waals surface area contributed by atoms with E-state index in [0.29, 0.717) is 17.9 Å². The zero-order chi connectivity index (χ0) is 11.4. The molecule has 82 valence electrons. The van der Waals surface area contributed by atoms with Crippen LogP contribution in [0.3, 0.4) is 0 Å². The molecule has 0 spiro atoms. The number of nitrogens with zero attached hydrogens (tertiary/aromatic N) is 2. The van der Waals surface area contributed by atoms with Gasteiger partial charge < -0.3 is 4.90 Å². The molecule has 15 heavy (non-hydrogen) atoms. The number of allylic oxidation sites excluding steroid dienone is 1. The summed E-state index contributed by atoms with van der Waals surface area (Å²) in [5.41, 5.74) is 0.695. The van der Waals surface area contributed by atoms with E-state index in [1.54, 1.807) is 6.20 Å². The Bertz CT molecular complexity index is 312. The normalized spacial score (nSPS) is 28.9. The third kappa shape index (κ3) is 2.59. The van der Waals surface area contributed by atoms with Crippen molar-refractivity contribution < 1.29 is 4.79 Å². The van der Waals surface area contributed by atoms with Crippen molar-refractivity contribution in [2.75, 3.05) is 14.1 Å². The SMILES string of the molecule is CCC1CCC(=O)C(=CN(C)C)C1C#N. The summed E-state index contributed by atoms with van der Waals surface area (Å²) in [5.74, 6) is 0.275. The Labute approximate surface area is 91.4 Å². The summed E-state index contributed by atoms with van der Waals surface area (Å²) in [6.07, 6.45) is 4.23. The van der Waals surface area contributed by atoms with E-state index < -0.39 is 0 Å². The van der Waals surface area contributed by atoms with Gasteiger partial charge in [-0.2, -0.15) is 5.26 Å². The summed E-state index contributed by atoms with van der Waals surface area (Å²) < 4.78 is 0. The van der Waals surface area contributed by atoms with Gasteiger partial charge in [0, 0.05) is 32.3 Å². The van der Waals surface area contributed by atoms with Gasteiger partial charge in [-0.05, 0) is 12.3 Å². The van der Waals surface area contributed by atoms with E-state index in [2.05, 4.69) is 13.0 Å². The van der Waals surface area contributed by atoms with Crippen LogP contribution in [0.1, 0.15) is 26.2 Å². The minimum Gasteiger partial charge on any atom is -0.383 e. The van der Waals surface area contributed by atoms with Crippen LogP contribution in [0, 0.1) is 23.2 Å². The Kier molecular flexibility index (Phi) is 3.90. The second-order valence-corrected chi connectivity index (χ2v) is 4.29. The maximum Gasteiger partial charge on any atom is 0.161 e. The second-order valence-electron chi connectivity index (χ2n) is 4.29. The van der Waals surface area contributed by atoms with Crippen molar-refractivity contribution in [1.82, 2.24) is 4.90 Å². The molecular formula is C12H18N2O. The van der Waals surface area contributed by atoms with Crippen molar-refractivity contribution in [3.05, 3.63) is 11.8 Å². The monoisotopic (exact) mass is 206 g/mol. The molecule has 0 aromatic heterocycles. The Balaban J connectivity index is 2.98. The number of carbonyl (C=O) groups is 1. The Morgan fingerprint density at radius 1 is 1.60 bits per heavy atom. The van der Waals surface area contributed by atoms with Crippen LogP contribution >= 0.6 is 0 Å². The molecule has 0 aromatic carbocycles. The number of nitriles is 1. The van der Waals surface area contributed by atoms with Crippen LogP contribution in [0.25, 0.3) is 0 Å². The molecule has 0 amide bonds. The highest BCUT2D eigenvalue weighted by atomic mass is 16.1. The molecule has 0 N–H and O–H groups in total. The first kappa shape index (κ1) is 11.8. The van der Waals surface area contributed by atoms with E-state index in [1.165, 1.54) is 0 Å². The molecule has 1 rings (SSSR count). The van der Waals surface area contributed by atoms with Crippen molar-refractivity contribution in [2.24, 2.45) is 11.8 Å². The number of Topliss-reactive ketones (excluding diaryl/α,β-unsaturated/α-hetero) is 1. The van der Waals surface area contributed by atoms with Crippen molar-refractivity contribution in [3.8, 4) is 6.07 Å². The maximum atomic E-state index is 11.7. The van der Waals surface area contributed by atoms with Gasteiger partial charge in [0.2, 0.25) is 0 Å². The summed E-state index contributed by atoms with van der Waals surface area (Å²) >= 11 is 0. The molecule has 1 aliphatic carbocycles. The van der Waals surface area contributed by atoms with Gasteiger partial charge in [-0.1, -0.05) is 13.3 Å². The lowest BCUT2D eigenvalue weighted by molar-refractivity contribution is -0.117. The fraction of sp³-hybridized carbons (Fsp3) is 0.667. The lowest BCUT2D eigenvalue weighted by Crippen LogP contribution is -2.28. The van der Waals surface area contributed by atoms with Gasteiger partial charge in [0.1, 0.15) is 0 Å². The minimum absolute atomic E-state index is 0.139. The van der Waals surface area contributed by atoms with E-state index in [0.717, 1.165) is 12.8 Å². The molecule has 0 heterocycles. The van der Waals surface area contributed by atoms with Crippen LogP contribution in [0.4, 0.5) is 0 Å². The largest absolute Gasteiger partial charge is 0.383 e. The average molecular weight is 206 g/mol. The predicted molar refractivity (Wildman–Crippen MR) is 58.9 cm³/mol. The van der Waals surface area contributed by atoms with Gasteiger partial charge in [0.25, 0.3) is 0 Å². The second kappa shape index (κ2) is 4.97. The molecule has 1 fully saturated rings. The molecule has 2 atom stereocenters. The molecular weight excluding hydrogens is 188 g/mol. The van der Waals surface area contributed by atoms with Crippen molar-refractivity contribution in [1.29, 1.82) is 5.26 Å². The molecule has 0 radical (unpaired) electrons. The van der Waals surface area contributed by atoms with Crippen LogP contribution < -0.4 is 0 Å². The molecule has 0 bridgehead atoms. The fourth-order valence-electron chi connectivity index (χ4n) is 2.10. The van der Waals surface area contributed by atoms with E-state index >= 15 is 0 Å². The zero-order valence-electron chi connectivity index (χ0n) is 9.66. The molecule has 1 aliphatic rings. The van der Waals surface area contributed by atoms with Crippen LogP contribution in [0.15, 0.2) is 11.8 Å². The van der Waals surface area contributed by atoms with Gasteiger partial charge in [-0.15, -0.1) is 0 Å². The highest BCUT2D eigenvalue weighted by molar-refractivity contribution is 5.97. The molecule has 0 aromatic rings. The van der Waals surface area contributed by atoms with Gasteiger partial charge in [-0.25, -0.2) is 0 Å². The lowest BCUT2D eigenvalue weighted by Gasteiger charge is -2.28. The number of carbonyl (C=O) groups excluding carboxylic acids is 1. The molecule has 0 aliphatic heterocycles. The standard InChI is InChI=1S/C12H18N2O/c1-4-9-5-6-12(15)11(8-14(2)3)10(9)7-13/h8-10H,4-6H2,1-3H3. The van der Waals surface area contributed by atoms with Crippen molar-refractivity contribution in [3.63, 3.8) is 0 Å². The Hall–Kier alpha value is -1.30. The van der Waals surface area contributed by atoms with Crippen LogP contribution in [0.5, 0.6) is 0 Å². The highest BCUT2D eigenvalue weighted by Gasteiger charge is 2.32. The van der Waals surface area contributed by atoms with E-state index in [-0.39, 0.29) is 11.7 Å². The molecule has 2 unspecified atom stereocenters. The van der Waals surface area contributed by atoms with Crippen molar-refractivity contribution >= 4 is 5.78 Å². The lowest BCUT2D eigenvalue weighted by atomic mass is 9.75. The van der Waals surface area contributed by atoms with Crippen LogP contribution in [-0.4, -0.2) is 24.8 Å². The van der Waals surface area contributed by atoms with E-state index in [9.17, 15) is 4.79 Å². The number of ketones is 1. The minimum atomic E-state index is -0.210. The Morgan fingerprint density at radius 3 is 2.73 bits per heavy atom. The maximum absolute atomic E-state index is 11.7. The Morgan fingerprint density at radius 2 is 2.27 bits per heavy atom. The van der Waals surface area contributed by atoms with E-state index in [4.69, 9.17) is 5.26 Å². The number of rotatable bonds is 2.